The van der Waals surface area contributed by atoms with E-state index in [0.29, 0.717) is 24.4 Å². The Kier molecular flexibility index (Phi) is 5.80. The van der Waals surface area contributed by atoms with Crippen LogP contribution in [0.1, 0.15) is 21.5 Å². The van der Waals surface area contributed by atoms with Gasteiger partial charge in [0.05, 0.1) is 0 Å². The van der Waals surface area contributed by atoms with Crippen LogP contribution >= 0.6 is 0 Å². The number of carbonyl (C=O) groups excluding carboxylic acids is 2. The van der Waals surface area contributed by atoms with Crippen molar-refractivity contribution < 1.29 is 14.3 Å². The summed E-state index contributed by atoms with van der Waals surface area (Å²) in [5.41, 5.74) is 3.91. The smallest absolute Gasteiger partial charge is 0.260 e. The van der Waals surface area contributed by atoms with Crippen LogP contribution in [0.3, 0.4) is 0 Å². The molecule has 0 fully saturated rings. The summed E-state index contributed by atoms with van der Waals surface area (Å²) in [4.78, 5) is 28.5. The van der Waals surface area contributed by atoms with E-state index in [-0.39, 0.29) is 18.4 Å². The second-order valence-corrected chi connectivity index (χ2v) is 7.35. The van der Waals surface area contributed by atoms with E-state index in [4.69, 9.17) is 4.74 Å². The van der Waals surface area contributed by atoms with Gasteiger partial charge in [0.1, 0.15) is 5.75 Å². The molecule has 152 valence electrons. The number of anilines is 1. The first-order valence-corrected chi connectivity index (χ1v) is 10.0. The van der Waals surface area contributed by atoms with Gasteiger partial charge in [-0.15, -0.1) is 0 Å². The van der Waals surface area contributed by atoms with Crippen LogP contribution in [0.5, 0.6) is 5.75 Å². The molecule has 0 saturated heterocycles. The number of rotatable bonds is 5. The fourth-order valence-corrected chi connectivity index (χ4v) is 3.60. The van der Waals surface area contributed by atoms with Crippen LogP contribution in [0, 0.1) is 0 Å². The number of fused-ring (bicyclic) bond motifs is 1. The van der Waals surface area contributed by atoms with E-state index in [1.807, 2.05) is 47.4 Å². The maximum atomic E-state index is 12.6. The zero-order valence-corrected chi connectivity index (χ0v) is 17.0. The quantitative estimate of drug-likeness (QED) is 0.652. The fourth-order valence-electron chi connectivity index (χ4n) is 3.60. The molecule has 0 aliphatic carbocycles. The third kappa shape index (κ3) is 4.35. The normalized spacial score (nSPS) is 12.8. The minimum atomic E-state index is -0.0789. The highest BCUT2D eigenvalue weighted by Gasteiger charge is 2.20. The molecule has 0 aromatic heterocycles. The van der Waals surface area contributed by atoms with Crippen molar-refractivity contribution in [1.29, 1.82) is 0 Å². The van der Waals surface area contributed by atoms with E-state index in [2.05, 4.69) is 12.1 Å². The first kappa shape index (κ1) is 19.7. The molecular formula is C25H24N2O3. The molecular weight excluding hydrogens is 376 g/mol. The van der Waals surface area contributed by atoms with Crippen LogP contribution in [0.25, 0.3) is 0 Å². The Balaban J connectivity index is 1.33. The van der Waals surface area contributed by atoms with Crippen LogP contribution in [0.4, 0.5) is 5.69 Å². The summed E-state index contributed by atoms with van der Waals surface area (Å²) in [6, 6.07) is 24.6. The predicted molar refractivity (Wildman–Crippen MR) is 117 cm³/mol. The van der Waals surface area contributed by atoms with Crippen molar-refractivity contribution in [2.45, 2.75) is 13.0 Å². The monoisotopic (exact) mass is 400 g/mol. The van der Waals surface area contributed by atoms with E-state index in [0.717, 1.165) is 12.1 Å². The molecule has 5 heteroatoms. The average Bonchev–Trinajstić information content (AvgIpc) is 2.82. The van der Waals surface area contributed by atoms with Gasteiger partial charge in [-0.1, -0.05) is 42.5 Å². The summed E-state index contributed by atoms with van der Waals surface area (Å²) >= 11 is 0. The Morgan fingerprint density at radius 1 is 0.900 bits per heavy atom. The topological polar surface area (TPSA) is 49.9 Å². The van der Waals surface area contributed by atoms with Gasteiger partial charge in [-0.3, -0.25) is 9.59 Å². The lowest BCUT2D eigenvalue weighted by Crippen LogP contribution is -2.38. The standard InChI is InChI=1S/C25H24N2O3/c1-26(25(29)20-8-3-2-4-9-20)22-11-13-23(14-12-22)30-18-24(28)27-16-15-19-7-5-6-10-21(19)17-27/h2-14H,15-18H2,1H3. The van der Waals surface area contributed by atoms with E-state index in [1.54, 1.807) is 36.2 Å². The molecule has 0 N–H and O–H groups in total. The molecule has 0 radical (unpaired) electrons. The van der Waals surface area contributed by atoms with E-state index >= 15 is 0 Å². The van der Waals surface area contributed by atoms with Gasteiger partial charge in [0.25, 0.3) is 11.8 Å². The highest BCUT2D eigenvalue weighted by Crippen LogP contribution is 2.21. The molecule has 0 unspecified atom stereocenters. The minimum Gasteiger partial charge on any atom is -0.484 e. The van der Waals surface area contributed by atoms with Crippen molar-refractivity contribution >= 4 is 17.5 Å². The lowest BCUT2D eigenvalue weighted by atomic mass is 10.00. The first-order valence-electron chi connectivity index (χ1n) is 10.0. The van der Waals surface area contributed by atoms with Crippen molar-refractivity contribution in [3.05, 3.63) is 95.6 Å². The molecule has 3 aromatic rings. The maximum absolute atomic E-state index is 12.6. The highest BCUT2D eigenvalue weighted by molar-refractivity contribution is 6.05. The average molecular weight is 400 g/mol. The Bertz CT molecular complexity index is 1030. The minimum absolute atomic E-state index is 0.000296. The molecule has 1 heterocycles. The number of amides is 2. The second-order valence-electron chi connectivity index (χ2n) is 7.35. The molecule has 0 saturated carbocycles. The summed E-state index contributed by atoms with van der Waals surface area (Å²) in [5, 5.41) is 0. The van der Waals surface area contributed by atoms with Crippen LogP contribution < -0.4 is 9.64 Å². The van der Waals surface area contributed by atoms with Crippen molar-refractivity contribution in [3.63, 3.8) is 0 Å². The van der Waals surface area contributed by atoms with Gasteiger partial charge >= 0.3 is 0 Å². The third-order valence-electron chi connectivity index (χ3n) is 5.40. The summed E-state index contributed by atoms with van der Waals surface area (Å²) in [7, 11) is 1.74. The molecule has 0 atom stereocenters. The molecule has 5 nitrogen and oxygen atoms in total. The summed E-state index contributed by atoms with van der Waals surface area (Å²) < 4.78 is 5.69. The van der Waals surface area contributed by atoms with E-state index < -0.39 is 0 Å². The zero-order chi connectivity index (χ0) is 20.9. The molecule has 1 aliphatic rings. The lowest BCUT2D eigenvalue weighted by Gasteiger charge is -2.28. The number of hydrogen-bond donors (Lipinski definition) is 0. The van der Waals surface area contributed by atoms with Gasteiger partial charge in [-0.25, -0.2) is 0 Å². The Labute approximate surface area is 176 Å². The summed E-state index contributed by atoms with van der Waals surface area (Å²) in [6.07, 6.45) is 0.873. The molecule has 30 heavy (non-hydrogen) atoms. The van der Waals surface area contributed by atoms with Crippen molar-refractivity contribution in [2.24, 2.45) is 0 Å². The molecule has 0 bridgehead atoms. The molecule has 1 aliphatic heterocycles. The van der Waals surface area contributed by atoms with Gasteiger partial charge < -0.3 is 14.5 Å². The summed E-state index contributed by atoms with van der Waals surface area (Å²) in [6.45, 7) is 1.34. The largest absolute Gasteiger partial charge is 0.484 e. The van der Waals surface area contributed by atoms with E-state index in [1.165, 1.54) is 11.1 Å². The lowest BCUT2D eigenvalue weighted by molar-refractivity contribution is -0.134. The van der Waals surface area contributed by atoms with Crippen molar-refractivity contribution in [1.82, 2.24) is 4.90 Å². The number of hydrogen-bond acceptors (Lipinski definition) is 3. The van der Waals surface area contributed by atoms with Crippen LogP contribution in [-0.2, 0) is 17.8 Å². The molecule has 2 amide bonds. The number of nitrogens with zero attached hydrogens (tertiary/aromatic N) is 2. The zero-order valence-electron chi connectivity index (χ0n) is 17.0. The molecule has 3 aromatic carbocycles. The SMILES string of the molecule is CN(C(=O)c1ccccc1)c1ccc(OCC(=O)N2CCc3ccccc3C2)cc1. The number of benzene rings is 3. The van der Waals surface area contributed by atoms with Crippen LogP contribution in [-0.4, -0.2) is 36.9 Å². The van der Waals surface area contributed by atoms with Gasteiger partial charge in [-0.05, 0) is 53.9 Å². The third-order valence-corrected chi connectivity index (χ3v) is 5.40. The van der Waals surface area contributed by atoms with Gasteiger partial charge in [-0.2, -0.15) is 0 Å². The fraction of sp³-hybridized carbons (Fsp3) is 0.200. The highest BCUT2D eigenvalue weighted by atomic mass is 16.5. The van der Waals surface area contributed by atoms with Crippen molar-refractivity contribution in [2.75, 3.05) is 25.1 Å². The van der Waals surface area contributed by atoms with Crippen LogP contribution in [0.2, 0.25) is 0 Å². The van der Waals surface area contributed by atoms with Gasteiger partial charge in [0.2, 0.25) is 0 Å². The van der Waals surface area contributed by atoms with Gasteiger partial charge in [0, 0.05) is 31.4 Å². The predicted octanol–water partition coefficient (Wildman–Crippen LogP) is 3.93. The van der Waals surface area contributed by atoms with E-state index in [9.17, 15) is 9.59 Å². The summed E-state index contributed by atoms with van der Waals surface area (Å²) in [5.74, 6) is 0.500. The second kappa shape index (κ2) is 8.82. The number of carbonyl (C=O) groups is 2. The maximum Gasteiger partial charge on any atom is 0.260 e. The molecule has 0 spiro atoms. The first-order chi connectivity index (χ1) is 14.6. The van der Waals surface area contributed by atoms with Gasteiger partial charge in [0.15, 0.2) is 6.61 Å². The Morgan fingerprint density at radius 2 is 1.57 bits per heavy atom. The molecule has 4 rings (SSSR count). The Morgan fingerprint density at radius 3 is 2.30 bits per heavy atom. The van der Waals surface area contributed by atoms with Crippen LogP contribution in [0.15, 0.2) is 78.9 Å². The Hall–Kier alpha value is -3.60. The van der Waals surface area contributed by atoms with Crippen molar-refractivity contribution in [3.8, 4) is 5.75 Å². The number of ether oxygens (including phenoxy) is 1.